The fraction of sp³-hybridized carbons (Fsp3) is 0.500. The molecular weight excluding hydrogens is 245 g/mol. The molecule has 0 aromatic heterocycles. The van der Waals surface area contributed by atoms with Crippen LogP contribution in [0.4, 0.5) is 4.39 Å². The molecule has 0 atom stereocenters. The Hall–Kier alpha value is -0.680. The predicted molar refractivity (Wildman–Crippen MR) is 65.4 cm³/mol. The molecule has 5 heteroatoms. The van der Waals surface area contributed by atoms with Crippen LogP contribution in [0.3, 0.4) is 0 Å². The molecule has 0 unspecified atom stereocenters. The maximum atomic E-state index is 13.0. The van der Waals surface area contributed by atoms with Crippen molar-refractivity contribution in [2.45, 2.75) is 25.4 Å². The molecule has 0 aliphatic carbocycles. The molecule has 0 amide bonds. The lowest BCUT2D eigenvalue weighted by Crippen LogP contribution is -2.50. The van der Waals surface area contributed by atoms with E-state index in [9.17, 15) is 14.6 Å². The van der Waals surface area contributed by atoms with Gasteiger partial charge in [-0.2, -0.15) is 0 Å². The summed E-state index contributed by atoms with van der Waals surface area (Å²) < 4.78 is 13.0. The lowest BCUT2D eigenvalue weighted by molar-refractivity contribution is 0.0864. The van der Waals surface area contributed by atoms with Gasteiger partial charge in [-0.1, -0.05) is 18.5 Å². The molecule has 0 saturated heterocycles. The largest absolute Gasteiger partial charge is 0.394 e. The quantitative estimate of drug-likeness (QED) is 0.731. The SMILES string of the molecule is CCC(CO)(CO)NCc1cc(F)ccc1Cl. The van der Waals surface area contributed by atoms with Gasteiger partial charge in [0.15, 0.2) is 0 Å². The molecule has 1 rings (SSSR count). The maximum Gasteiger partial charge on any atom is 0.123 e. The van der Waals surface area contributed by atoms with Crippen LogP contribution >= 0.6 is 11.6 Å². The number of benzene rings is 1. The molecule has 3 nitrogen and oxygen atoms in total. The number of halogens is 2. The highest BCUT2D eigenvalue weighted by Crippen LogP contribution is 2.18. The molecule has 0 spiro atoms. The van der Waals surface area contributed by atoms with Crippen LogP contribution in [-0.4, -0.2) is 29.0 Å². The first kappa shape index (κ1) is 14.4. The number of rotatable bonds is 6. The average Bonchev–Trinajstić information content (AvgIpc) is 2.35. The molecule has 0 saturated carbocycles. The van der Waals surface area contributed by atoms with Gasteiger partial charge in [0.1, 0.15) is 5.82 Å². The molecule has 0 aliphatic rings. The Morgan fingerprint density at radius 2 is 2.00 bits per heavy atom. The van der Waals surface area contributed by atoms with Crippen LogP contribution in [0.2, 0.25) is 5.02 Å². The Morgan fingerprint density at radius 1 is 1.35 bits per heavy atom. The van der Waals surface area contributed by atoms with E-state index in [2.05, 4.69) is 5.32 Å². The van der Waals surface area contributed by atoms with Crippen molar-refractivity contribution in [1.29, 1.82) is 0 Å². The van der Waals surface area contributed by atoms with E-state index in [-0.39, 0.29) is 19.0 Å². The predicted octanol–water partition coefficient (Wildman–Crippen LogP) is 1.70. The minimum Gasteiger partial charge on any atom is -0.394 e. The summed E-state index contributed by atoms with van der Waals surface area (Å²) in [5.74, 6) is -0.360. The van der Waals surface area contributed by atoms with E-state index in [1.165, 1.54) is 18.2 Å². The fourth-order valence-corrected chi connectivity index (χ4v) is 1.66. The summed E-state index contributed by atoms with van der Waals surface area (Å²) in [6.45, 7) is 1.78. The zero-order valence-electron chi connectivity index (χ0n) is 9.71. The number of hydrogen-bond acceptors (Lipinski definition) is 3. The number of aliphatic hydroxyl groups is 2. The van der Waals surface area contributed by atoms with Gasteiger partial charge in [-0.15, -0.1) is 0 Å². The highest BCUT2D eigenvalue weighted by Gasteiger charge is 2.25. The normalized spacial score (nSPS) is 11.8. The Balaban J connectivity index is 2.75. The van der Waals surface area contributed by atoms with Crippen molar-refractivity contribution in [2.24, 2.45) is 0 Å². The molecule has 17 heavy (non-hydrogen) atoms. The van der Waals surface area contributed by atoms with Gasteiger partial charge in [-0.05, 0) is 30.2 Å². The lowest BCUT2D eigenvalue weighted by Gasteiger charge is -2.30. The van der Waals surface area contributed by atoms with E-state index >= 15 is 0 Å². The third-order valence-corrected chi connectivity index (χ3v) is 3.31. The van der Waals surface area contributed by atoms with Crippen LogP contribution in [0.25, 0.3) is 0 Å². The number of aliphatic hydroxyl groups excluding tert-OH is 2. The zero-order chi connectivity index (χ0) is 12.9. The summed E-state index contributed by atoms with van der Waals surface area (Å²) in [5.41, 5.74) is -0.151. The monoisotopic (exact) mass is 261 g/mol. The first-order chi connectivity index (χ1) is 8.06. The van der Waals surface area contributed by atoms with Crippen LogP contribution < -0.4 is 5.32 Å². The molecule has 0 bridgehead atoms. The van der Waals surface area contributed by atoms with E-state index in [0.29, 0.717) is 23.6 Å². The van der Waals surface area contributed by atoms with Crippen LogP contribution in [0.1, 0.15) is 18.9 Å². The highest BCUT2D eigenvalue weighted by molar-refractivity contribution is 6.31. The Morgan fingerprint density at radius 3 is 2.53 bits per heavy atom. The molecule has 96 valence electrons. The second-order valence-electron chi connectivity index (χ2n) is 4.04. The molecular formula is C12H17ClFNO2. The minimum atomic E-state index is -0.754. The third-order valence-electron chi connectivity index (χ3n) is 2.94. The van der Waals surface area contributed by atoms with Crippen LogP contribution in [0, 0.1) is 5.82 Å². The van der Waals surface area contributed by atoms with Gasteiger partial charge in [0.2, 0.25) is 0 Å². The first-order valence-electron chi connectivity index (χ1n) is 5.47. The summed E-state index contributed by atoms with van der Waals surface area (Å²) in [4.78, 5) is 0. The van der Waals surface area contributed by atoms with Gasteiger partial charge in [0.05, 0.1) is 18.8 Å². The second kappa shape index (κ2) is 6.31. The van der Waals surface area contributed by atoms with Gasteiger partial charge < -0.3 is 15.5 Å². The van der Waals surface area contributed by atoms with Crippen LogP contribution in [0.5, 0.6) is 0 Å². The van der Waals surface area contributed by atoms with Crippen molar-refractivity contribution in [3.05, 3.63) is 34.6 Å². The van der Waals surface area contributed by atoms with Crippen molar-refractivity contribution in [2.75, 3.05) is 13.2 Å². The van der Waals surface area contributed by atoms with Crippen molar-refractivity contribution in [1.82, 2.24) is 5.32 Å². The number of nitrogens with one attached hydrogen (secondary N) is 1. The van der Waals surface area contributed by atoms with E-state index in [1.807, 2.05) is 6.92 Å². The Bertz CT molecular complexity index is 361. The topological polar surface area (TPSA) is 52.5 Å². The van der Waals surface area contributed by atoms with E-state index in [4.69, 9.17) is 11.6 Å². The molecule has 1 aromatic carbocycles. The molecule has 3 N–H and O–H groups in total. The van der Waals surface area contributed by atoms with Crippen LogP contribution in [0.15, 0.2) is 18.2 Å². The summed E-state index contributed by atoms with van der Waals surface area (Å²) in [7, 11) is 0. The van der Waals surface area contributed by atoms with E-state index in [0.717, 1.165) is 0 Å². The Kier molecular flexibility index (Phi) is 5.33. The van der Waals surface area contributed by atoms with Crippen molar-refractivity contribution in [3.8, 4) is 0 Å². The van der Waals surface area contributed by atoms with Crippen molar-refractivity contribution < 1.29 is 14.6 Å². The lowest BCUT2D eigenvalue weighted by atomic mass is 9.98. The van der Waals surface area contributed by atoms with Crippen molar-refractivity contribution in [3.63, 3.8) is 0 Å². The Labute approximate surface area is 105 Å². The average molecular weight is 262 g/mol. The summed E-state index contributed by atoms with van der Waals surface area (Å²) in [6, 6.07) is 4.11. The standard InChI is InChI=1S/C12H17ClFNO2/c1-2-12(7-16,8-17)15-6-9-5-10(14)3-4-11(9)13/h3-5,15-17H,2,6-8H2,1H3. The fourth-order valence-electron chi connectivity index (χ4n) is 1.47. The second-order valence-corrected chi connectivity index (χ2v) is 4.45. The molecule has 0 fully saturated rings. The summed E-state index contributed by atoms with van der Waals surface area (Å²) in [6.07, 6.45) is 0.562. The van der Waals surface area contributed by atoms with Gasteiger partial charge in [-0.25, -0.2) is 4.39 Å². The highest BCUT2D eigenvalue weighted by atomic mass is 35.5. The van der Waals surface area contributed by atoms with Gasteiger partial charge >= 0.3 is 0 Å². The molecule has 0 radical (unpaired) electrons. The van der Waals surface area contributed by atoms with Gasteiger partial charge in [-0.3, -0.25) is 0 Å². The van der Waals surface area contributed by atoms with Gasteiger partial charge in [0, 0.05) is 11.6 Å². The summed E-state index contributed by atoms with van der Waals surface area (Å²) >= 11 is 5.92. The minimum absolute atomic E-state index is 0.188. The maximum absolute atomic E-state index is 13.0. The first-order valence-corrected chi connectivity index (χ1v) is 5.85. The van der Waals surface area contributed by atoms with E-state index in [1.54, 1.807) is 0 Å². The summed E-state index contributed by atoms with van der Waals surface area (Å²) in [5, 5.41) is 22.0. The molecule has 0 aliphatic heterocycles. The van der Waals surface area contributed by atoms with Crippen molar-refractivity contribution >= 4 is 11.6 Å². The zero-order valence-corrected chi connectivity index (χ0v) is 10.5. The smallest absolute Gasteiger partial charge is 0.123 e. The van der Waals surface area contributed by atoms with E-state index < -0.39 is 5.54 Å². The molecule has 0 heterocycles. The van der Waals surface area contributed by atoms with Crippen LogP contribution in [-0.2, 0) is 6.54 Å². The van der Waals surface area contributed by atoms with Gasteiger partial charge in [0.25, 0.3) is 0 Å². The third kappa shape index (κ3) is 3.64. The number of hydrogen-bond donors (Lipinski definition) is 3. The molecule has 1 aromatic rings.